The number of hydrogen-bond donors (Lipinski definition) is 2. The summed E-state index contributed by atoms with van der Waals surface area (Å²) in [4.78, 5) is 38.6. The number of unbranched alkanes of at least 4 members (excludes halogenated alkanes) is 2. The number of methoxy groups -OCH3 is 1. The van der Waals surface area contributed by atoms with Crippen LogP contribution in [0.1, 0.15) is 59.3 Å². The molecule has 1 aliphatic rings. The van der Waals surface area contributed by atoms with Crippen molar-refractivity contribution < 1.29 is 29.0 Å². The van der Waals surface area contributed by atoms with E-state index in [-0.39, 0.29) is 12.5 Å². The van der Waals surface area contributed by atoms with Crippen LogP contribution in [0.3, 0.4) is 0 Å². The van der Waals surface area contributed by atoms with Crippen molar-refractivity contribution in [3.05, 3.63) is 12.7 Å². The smallest absolute Gasteiger partial charge is 0.408 e. The van der Waals surface area contributed by atoms with E-state index in [1.807, 2.05) is 6.08 Å². The molecule has 8 nitrogen and oxygen atoms in total. The molecule has 1 rings (SSSR count). The molecular weight excluding hydrogens is 376 g/mol. The molecule has 0 spiro atoms. The first-order valence-electron chi connectivity index (χ1n) is 10.2. The highest BCUT2D eigenvalue weighted by Gasteiger charge is 2.40. The Hall–Kier alpha value is -2.09. The molecule has 0 saturated carbocycles. The summed E-state index contributed by atoms with van der Waals surface area (Å²) in [5.41, 5.74) is -0.713. The van der Waals surface area contributed by atoms with Gasteiger partial charge in [0, 0.05) is 19.6 Å². The van der Waals surface area contributed by atoms with Gasteiger partial charge in [0.25, 0.3) is 0 Å². The number of ether oxygens (including phenoxy) is 2. The Morgan fingerprint density at radius 1 is 1.31 bits per heavy atom. The lowest BCUT2D eigenvalue weighted by Gasteiger charge is -2.32. The number of carbonyl (C=O) groups is 3. The van der Waals surface area contributed by atoms with Crippen LogP contribution in [0.2, 0.25) is 0 Å². The predicted molar refractivity (Wildman–Crippen MR) is 110 cm³/mol. The fourth-order valence-corrected chi connectivity index (χ4v) is 3.54. The predicted octanol–water partition coefficient (Wildman–Crippen LogP) is 2.96. The Morgan fingerprint density at radius 3 is 2.55 bits per heavy atom. The lowest BCUT2D eigenvalue weighted by Crippen LogP contribution is -2.56. The quantitative estimate of drug-likeness (QED) is 0.399. The maximum absolute atomic E-state index is 13.3. The lowest BCUT2D eigenvalue weighted by molar-refractivity contribution is -0.149. The van der Waals surface area contributed by atoms with E-state index in [2.05, 4.69) is 11.9 Å². The molecule has 0 radical (unpaired) electrons. The average Bonchev–Trinajstić information content (AvgIpc) is 3.10. The van der Waals surface area contributed by atoms with Gasteiger partial charge in [-0.2, -0.15) is 0 Å². The van der Waals surface area contributed by atoms with E-state index < -0.39 is 35.7 Å². The van der Waals surface area contributed by atoms with Crippen LogP contribution in [0, 0.1) is 5.92 Å². The normalized spacial score (nSPS) is 18.8. The third kappa shape index (κ3) is 8.43. The van der Waals surface area contributed by atoms with Gasteiger partial charge in [-0.1, -0.05) is 12.5 Å². The summed E-state index contributed by atoms with van der Waals surface area (Å²) >= 11 is 0. The second-order valence-corrected chi connectivity index (χ2v) is 8.44. The first kappa shape index (κ1) is 24.9. The molecule has 8 heteroatoms. The summed E-state index contributed by atoms with van der Waals surface area (Å²) in [6.45, 7) is 9.57. The maximum atomic E-state index is 13.3. The number of nitrogens with one attached hydrogen (secondary N) is 1. The Kier molecular flexibility index (Phi) is 10.2. The minimum absolute atomic E-state index is 0.270. The Bertz CT molecular complexity index is 572. The summed E-state index contributed by atoms with van der Waals surface area (Å²) in [6, 6.07) is -1.78. The number of nitrogens with zero attached hydrogens (tertiary/aromatic N) is 1. The molecule has 0 aromatic heterocycles. The van der Waals surface area contributed by atoms with Gasteiger partial charge in [-0.05, 0) is 52.9 Å². The number of amides is 2. The maximum Gasteiger partial charge on any atom is 0.408 e. The fourth-order valence-electron chi connectivity index (χ4n) is 3.54. The van der Waals surface area contributed by atoms with Gasteiger partial charge < -0.3 is 24.8 Å². The number of carbonyl (C=O) groups excluding carboxylic acids is 2. The van der Waals surface area contributed by atoms with Crippen molar-refractivity contribution in [1.29, 1.82) is 0 Å². The minimum Gasteiger partial charge on any atom is -0.480 e. The van der Waals surface area contributed by atoms with Crippen molar-refractivity contribution in [3.63, 3.8) is 0 Å². The highest BCUT2D eigenvalue weighted by Crippen LogP contribution is 2.23. The lowest BCUT2D eigenvalue weighted by atomic mass is 9.92. The molecular formula is C21H36N2O6. The molecule has 166 valence electrons. The van der Waals surface area contributed by atoms with E-state index in [1.54, 1.807) is 27.9 Å². The van der Waals surface area contributed by atoms with Gasteiger partial charge in [-0.25, -0.2) is 9.59 Å². The van der Waals surface area contributed by atoms with Crippen molar-refractivity contribution in [3.8, 4) is 0 Å². The van der Waals surface area contributed by atoms with Gasteiger partial charge in [0.15, 0.2) is 0 Å². The standard InChI is InChI=1S/C21H36N2O6/c1-6-7-8-9-11-15(14-28-5)17(22-20(27)29-21(2,3)4)18(24)23-13-10-12-16(23)19(25)26/h6,15-17H,1,7-14H2,2-5H3,(H,22,27)(H,25,26)/t15-,16-,17-/m0/s1. The molecule has 1 saturated heterocycles. The minimum atomic E-state index is -1.03. The van der Waals surface area contributed by atoms with E-state index in [0.29, 0.717) is 25.8 Å². The van der Waals surface area contributed by atoms with Crippen LogP contribution in [0.25, 0.3) is 0 Å². The van der Waals surface area contributed by atoms with Gasteiger partial charge in [0.05, 0.1) is 6.61 Å². The molecule has 0 aromatic carbocycles. The summed E-state index contributed by atoms with van der Waals surface area (Å²) in [5.74, 6) is -1.72. The molecule has 0 aliphatic carbocycles. The van der Waals surface area contributed by atoms with Crippen LogP contribution >= 0.6 is 0 Å². The molecule has 2 amide bonds. The monoisotopic (exact) mass is 412 g/mol. The first-order valence-corrected chi connectivity index (χ1v) is 10.2. The molecule has 2 N–H and O–H groups in total. The number of aliphatic carboxylic acids is 1. The van der Waals surface area contributed by atoms with Gasteiger partial charge in [0.1, 0.15) is 17.7 Å². The Balaban J connectivity index is 3.03. The summed E-state index contributed by atoms with van der Waals surface area (Å²) in [5, 5.41) is 12.1. The molecule has 0 bridgehead atoms. The average molecular weight is 413 g/mol. The van der Waals surface area contributed by atoms with E-state index in [4.69, 9.17) is 9.47 Å². The van der Waals surface area contributed by atoms with Gasteiger partial charge >= 0.3 is 12.1 Å². The molecule has 1 aliphatic heterocycles. The van der Waals surface area contributed by atoms with Crippen LogP contribution in [0.15, 0.2) is 12.7 Å². The third-order valence-electron chi connectivity index (χ3n) is 4.84. The summed E-state index contributed by atoms with van der Waals surface area (Å²) in [6.07, 6.45) is 5.44. The number of alkyl carbamates (subject to hydrolysis) is 1. The second-order valence-electron chi connectivity index (χ2n) is 8.44. The Morgan fingerprint density at radius 2 is 2.00 bits per heavy atom. The van der Waals surface area contributed by atoms with Crippen LogP contribution in [0.5, 0.6) is 0 Å². The third-order valence-corrected chi connectivity index (χ3v) is 4.84. The van der Waals surface area contributed by atoms with Crippen LogP contribution in [-0.2, 0) is 19.1 Å². The number of allylic oxidation sites excluding steroid dienone is 1. The van der Waals surface area contributed by atoms with E-state index >= 15 is 0 Å². The molecule has 1 heterocycles. The Labute approximate surface area is 173 Å². The molecule has 3 atom stereocenters. The zero-order valence-corrected chi connectivity index (χ0v) is 18.1. The van der Waals surface area contributed by atoms with Gasteiger partial charge in [-0.15, -0.1) is 6.58 Å². The number of likely N-dealkylation sites (tertiary alicyclic amines) is 1. The van der Waals surface area contributed by atoms with Crippen molar-refractivity contribution in [2.24, 2.45) is 5.92 Å². The second kappa shape index (κ2) is 11.8. The molecule has 0 unspecified atom stereocenters. The van der Waals surface area contributed by atoms with Gasteiger partial charge in [-0.3, -0.25) is 4.79 Å². The van der Waals surface area contributed by atoms with Crippen molar-refractivity contribution in [2.75, 3.05) is 20.3 Å². The molecule has 0 aromatic rings. The van der Waals surface area contributed by atoms with E-state index in [1.165, 1.54) is 4.90 Å². The van der Waals surface area contributed by atoms with Gasteiger partial charge in [0.2, 0.25) is 5.91 Å². The van der Waals surface area contributed by atoms with Crippen molar-refractivity contribution in [1.82, 2.24) is 10.2 Å². The van der Waals surface area contributed by atoms with Crippen LogP contribution < -0.4 is 5.32 Å². The zero-order valence-electron chi connectivity index (χ0n) is 18.1. The first-order chi connectivity index (χ1) is 13.6. The van der Waals surface area contributed by atoms with Crippen molar-refractivity contribution >= 4 is 18.0 Å². The largest absolute Gasteiger partial charge is 0.480 e. The van der Waals surface area contributed by atoms with Crippen LogP contribution in [0.4, 0.5) is 4.79 Å². The zero-order chi connectivity index (χ0) is 22.0. The van der Waals surface area contributed by atoms with Crippen molar-refractivity contribution in [2.45, 2.75) is 77.0 Å². The highest BCUT2D eigenvalue weighted by atomic mass is 16.6. The van der Waals surface area contributed by atoms with E-state index in [0.717, 1.165) is 19.3 Å². The summed E-state index contributed by atoms with van der Waals surface area (Å²) in [7, 11) is 1.54. The highest BCUT2D eigenvalue weighted by molar-refractivity contribution is 5.90. The topological polar surface area (TPSA) is 105 Å². The van der Waals surface area contributed by atoms with E-state index in [9.17, 15) is 19.5 Å². The number of carboxylic acid groups (broad SMARTS) is 1. The SMILES string of the molecule is C=CCCCC[C@@H](COC)[C@H](NC(=O)OC(C)(C)C)C(=O)N1CCC[C@H]1C(=O)O. The van der Waals surface area contributed by atoms with Crippen LogP contribution in [-0.4, -0.2) is 65.9 Å². The summed E-state index contributed by atoms with van der Waals surface area (Å²) < 4.78 is 10.6. The molecule has 29 heavy (non-hydrogen) atoms. The number of hydrogen-bond acceptors (Lipinski definition) is 5. The molecule has 1 fully saturated rings. The number of carboxylic acids is 1. The number of rotatable bonds is 11. The fraction of sp³-hybridized carbons (Fsp3) is 0.762.